The number of aliphatic hydroxyl groups excluding tert-OH is 1. The molecule has 0 bridgehead atoms. The topological polar surface area (TPSA) is 204 Å². The number of esters is 1. The molecule has 7 atom stereocenters. The van der Waals surface area contributed by atoms with Gasteiger partial charge in [-0.15, -0.1) is 0 Å². The van der Waals surface area contributed by atoms with E-state index in [0.29, 0.717) is 5.52 Å². The maximum Gasteiger partial charge on any atom is 0.459 e. The fraction of sp³-hybridized carbons (Fsp3) is 0.517. The zero-order chi connectivity index (χ0) is 33.8. The molecule has 0 amide bonds. The van der Waals surface area contributed by atoms with Gasteiger partial charge in [-0.2, -0.15) is 28.6 Å². The van der Waals surface area contributed by atoms with Gasteiger partial charge in [-0.3, -0.25) is 9.32 Å². The molecule has 14 nitrogen and oxygen atoms in total. The van der Waals surface area contributed by atoms with Crippen molar-refractivity contribution in [3.63, 3.8) is 0 Å². The fourth-order valence-electron chi connectivity index (χ4n) is 6.30. The maximum absolute atomic E-state index is 14.2. The first-order valence-corrected chi connectivity index (χ1v) is 16.4. The predicted molar refractivity (Wildman–Crippen MR) is 155 cm³/mol. The number of rotatable bonds is 10. The second-order valence-corrected chi connectivity index (χ2v) is 13.6. The molecule has 2 aromatic heterocycles. The normalized spacial score (nSPS) is 32.1. The Balaban J connectivity index is 1.16. The third kappa shape index (κ3) is 5.83. The van der Waals surface area contributed by atoms with E-state index >= 15 is 0 Å². The van der Waals surface area contributed by atoms with Gasteiger partial charge in [0.2, 0.25) is 5.60 Å². The largest absolute Gasteiger partial charge is 0.464 e. The summed E-state index contributed by atoms with van der Waals surface area (Å²) in [5.41, 5.74) is 1.95. The molecule has 252 valence electrons. The number of nitrogens with one attached hydrogen (secondary N) is 1. The van der Waals surface area contributed by atoms with Crippen molar-refractivity contribution in [2.45, 2.75) is 74.3 Å². The zero-order valence-electron chi connectivity index (χ0n) is 24.9. The number of nitrogens with zero attached hydrogens (tertiary/aromatic N) is 4. The van der Waals surface area contributed by atoms with Gasteiger partial charge in [0, 0.05) is 0 Å². The number of fused-ring (bicyclic) bond motifs is 2. The number of nitriles is 1. The number of hydrogen-bond acceptors (Lipinski definition) is 12. The van der Waals surface area contributed by atoms with Crippen LogP contribution in [0.2, 0.25) is 0 Å². The Morgan fingerprint density at radius 2 is 1.96 bits per heavy atom. The first kappa shape index (κ1) is 33.1. The monoisotopic (exact) mass is 680 g/mol. The summed E-state index contributed by atoms with van der Waals surface area (Å²) in [6.45, 7) is 1.18. The predicted octanol–water partition coefficient (Wildman–Crippen LogP) is 3.21. The number of benzene rings is 1. The summed E-state index contributed by atoms with van der Waals surface area (Å²) >= 11 is 0. The second-order valence-electron chi connectivity index (χ2n) is 12.0. The summed E-state index contributed by atoms with van der Waals surface area (Å²) < 4.78 is 77.1. The first-order valence-electron chi connectivity index (χ1n) is 14.8. The number of carbonyl (C=O) groups is 1. The smallest absolute Gasteiger partial charge is 0.459 e. The lowest BCUT2D eigenvalue weighted by Gasteiger charge is -2.30. The van der Waals surface area contributed by atoms with E-state index in [-0.39, 0.29) is 55.5 Å². The van der Waals surface area contributed by atoms with Crippen LogP contribution in [0.1, 0.15) is 44.4 Å². The van der Waals surface area contributed by atoms with E-state index in [2.05, 4.69) is 15.2 Å². The van der Waals surface area contributed by atoms with Gasteiger partial charge in [0.1, 0.15) is 41.9 Å². The summed E-state index contributed by atoms with van der Waals surface area (Å²) in [5.74, 6) is -2.34. The Morgan fingerprint density at radius 3 is 2.60 bits per heavy atom. The summed E-state index contributed by atoms with van der Waals surface area (Å²) in [5, 5.41) is 39.5. The van der Waals surface area contributed by atoms with Crippen LogP contribution in [0.3, 0.4) is 0 Å². The first-order chi connectivity index (χ1) is 22.2. The third-order valence-corrected chi connectivity index (χ3v) is 10.6. The number of aromatic nitrogens is 3. The maximum atomic E-state index is 14.2. The number of alkyl halides is 3. The molecule has 6 rings (SSSR count). The molecule has 1 aliphatic heterocycles. The summed E-state index contributed by atoms with van der Waals surface area (Å²) in [7, 11) is -4.65. The molecule has 18 heteroatoms. The average molecular weight is 681 g/mol. The Kier molecular flexibility index (Phi) is 8.48. The van der Waals surface area contributed by atoms with Gasteiger partial charge in [0.15, 0.2) is 17.5 Å². The summed E-state index contributed by atoms with van der Waals surface area (Å²) in [6, 6.07) is 11.3. The average Bonchev–Trinajstić information content (AvgIpc) is 3.28. The molecule has 3 fully saturated rings. The molecule has 1 aromatic carbocycles. The number of nitrogen functional groups attached to an aromatic ring is 1. The lowest BCUT2D eigenvalue weighted by atomic mass is 9.82. The Labute approximate surface area is 266 Å². The number of halogens is 3. The minimum absolute atomic E-state index is 0.0467. The molecule has 0 radical (unpaired) electrons. The van der Waals surface area contributed by atoms with E-state index in [0.717, 1.165) is 0 Å². The Hall–Kier alpha value is -3.78. The van der Waals surface area contributed by atoms with Crippen LogP contribution in [0.5, 0.6) is 5.75 Å². The van der Waals surface area contributed by atoms with Crippen LogP contribution in [0.15, 0.2) is 48.8 Å². The van der Waals surface area contributed by atoms with Gasteiger partial charge in [0.25, 0.3) is 0 Å². The van der Waals surface area contributed by atoms with Crippen molar-refractivity contribution in [2.75, 3.05) is 12.3 Å². The number of nitrogens with two attached hydrogens (primary N) is 1. The molecule has 1 saturated heterocycles. The minimum atomic E-state index is -4.65. The standard InChI is InChI=1S/C29H32F3N6O8P/c1-16(25(40)43-13-17-7-9-18(10-8-17)29(30,31)32)37-47(42,45-19-5-3-2-4-6-19)46-26-27(14-33)28(26,41)23(39)22(44-27)20-11-12-21-24(34)35-15-36-38(20)21/h2-6,11-12,15-18,22-23,26,39,41H,7-10,13H2,1H3,(H,37,42)(H2,34,35,36)/t16-,17-,18-,22-,23-,26?,27+,28+,47?/m0/s1. The fourth-order valence-corrected chi connectivity index (χ4v) is 8.02. The number of aliphatic hydroxyl groups is 2. The van der Waals surface area contributed by atoms with Gasteiger partial charge in [-0.05, 0) is 62.8 Å². The van der Waals surface area contributed by atoms with E-state index in [1.165, 1.54) is 36.0 Å². The van der Waals surface area contributed by atoms with E-state index in [9.17, 15) is 38.0 Å². The second kappa shape index (κ2) is 12.0. The molecule has 2 unspecified atom stereocenters. The highest BCUT2D eigenvalue weighted by atomic mass is 31.2. The van der Waals surface area contributed by atoms with Gasteiger partial charge in [-0.1, -0.05) is 18.2 Å². The van der Waals surface area contributed by atoms with E-state index in [4.69, 9.17) is 24.3 Å². The molecule has 2 saturated carbocycles. The van der Waals surface area contributed by atoms with Crippen LogP contribution in [0.4, 0.5) is 19.0 Å². The van der Waals surface area contributed by atoms with Crippen molar-refractivity contribution in [1.29, 1.82) is 5.26 Å². The number of carbonyl (C=O) groups excluding carboxylic acids is 1. The van der Waals surface area contributed by atoms with Crippen molar-refractivity contribution in [2.24, 2.45) is 11.8 Å². The van der Waals surface area contributed by atoms with Crippen LogP contribution >= 0.6 is 7.75 Å². The van der Waals surface area contributed by atoms with Crippen LogP contribution in [0.25, 0.3) is 5.52 Å². The van der Waals surface area contributed by atoms with Gasteiger partial charge < -0.3 is 29.9 Å². The summed E-state index contributed by atoms with van der Waals surface area (Å²) in [6.07, 6.45) is -7.49. The highest BCUT2D eigenvalue weighted by Crippen LogP contribution is 2.68. The minimum Gasteiger partial charge on any atom is -0.464 e. The molecule has 0 spiro atoms. The Morgan fingerprint density at radius 1 is 1.26 bits per heavy atom. The van der Waals surface area contributed by atoms with E-state index in [1.54, 1.807) is 24.3 Å². The number of ether oxygens (including phenoxy) is 2. The molecule has 3 aromatic rings. The van der Waals surface area contributed by atoms with Crippen LogP contribution in [0, 0.1) is 23.2 Å². The third-order valence-electron chi connectivity index (χ3n) is 8.99. The molecule has 2 aliphatic carbocycles. The number of anilines is 1. The van der Waals surface area contributed by atoms with E-state index in [1.807, 2.05) is 6.07 Å². The molecular weight excluding hydrogens is 648 g/mol. The van der Waals surface area contributed by atoms with Crippen LogP contribution < -0.4 is 15.3 Å². The van der Waals surface area contributed by atoms with E-state index < -0.39 is 61.4 Å². The molecule has 5 N–H and O–H groups in total. The molecule has 47 heavy (non-hydrogen) atoms. The van der Waals surface area contributed by atoms with Gasteiger partial charge in [0.05, 0.1) is 18.2 Å². The van der Waals surface area contributed by atoms with Gasteiger partial charge in [-0.25, -0.2) is 14.1 Å². The summed E-state index contributed by atoms with van der Waals surface area (Å²) in [4.78, 5) is 16.8. The molecular formula is C29H32F3N6O8P. The highest BCUT2D eigenvalue weighted by molar-refractivity contribution is 7.52. The number of hydrogen-bond donors (Lipinski definition) is 4. The van der Waals surface area contributed by atoms with Crippen molar-refractivity contribution in [1.82, 2.24) is 19.7 Å². The molecule has 3 aliphatic rings. The lowest BCUT2D eigenvalue weighted by molar-refractivity contribution is -0.185. The highest BCUT2D eigenvalue weighted by Gasteiger charge is 2.90. The van der Waals surface area contributed by atoms with Gasteiger partial charge >= 0.3 is 19.9 Å². The quantitative estimate of drug-likeness (QED) is 0.180. The van der Waals surface area contributed by atoms with Crippen molar-refractivity contribution in [3.8, 4) is 11.8 Å². The van der Waals surface area contributed by atoms with Crippen molar-refractivity contribution < 1.29 is 51.3 Å². The zero-order valence-corrected chi connectivity index (χ0v) is 25.8. The van der Waals surface area contributed by atoms with Crippen LogP contribution in [-0.4, -0.2) is 73.0 Å². The SMILES string of the molecule is C[C@H](NP(=O)(Oc1ccccc1)OC1[C@@]2(C#N)O[C@@H](c3ccc4c(N)ncnn34)[C@H](O)[C@@]12O)C(=O)OC[C@H]1CC[C@H](C(F)(F)F)CC1. The lowest BCUT2D eigenvalue weighted by Crippen LogP contribution is -2.39. The molecule has 3 heterocycles. The number of para-hydroxylation sites is 1. The Bertz CT molecular complexity index is 1730. The van der Waals surface area contributed by atoms with Crippen molar-refractivity contribution in [3.05, 3.63) is 54.5 Å². The van der Waals surface area contributed by atoms with Crippen molar-refractivity contribution >= 4 is 25.1 Å². The van der Waals surface area contributed by atoms with Crippen LogP contribution in [-0.2, 0) is 23.4 Å².